The van der Waals surface area contributed by atoms with Crippen molar-refractivity contribution in [3.63, 3.8) is 0 Å². The van der Waals surface area contributed by atoms with E-state index in [0.29, 0.717) is 19.4 Å². The van der Waals surface area contributed by atoms with Crippen LogP contribution in [0.25, 0.3) is 10.8 Å². The van der Waals surface area contributed by atoms with Crippen molar-refractivity contribution in [3.8, 4) is 0 Å². The summed E-state index contributed by atoms with van der Waals surface area (Å²) in [6.45, 7) is 4.60. The Labute approximate surface area is 165 Å². The first-order chi connectivity index (χ1) is 13.0. The normalized spacial score (nSPS) is 11.0. The van der Waals surface area contributed by atoms with Crippen LogP contribution >= 0.6 is 11.8 Å². The van der Waals surface area contributed by atoms with Gasteiger partial charge in [-0.2, -0.15) is 0 Å². The van der Waals surface area contributed by atoms with Crippen LogP contribution in [0.15, 0.2) is 47.6 Å². The molecule has 1 heterocycles. The van der Waals surface area contributed by atoms with Gasteiger partial charge in [-0.25, -0.2) is 9.97 Å². The van der Waals surface area contributed by atoms with Crippen molar-refractivity contribution in [1.82, 2.24) is 14.9 Å². The van der Waals surface area contributed by atoms with Gasteiger partial charge in [0.25, 0.3) is 0 Å². The molecule has 0 atom stereocenters. The van der Waals surface area contributed by atoms with Crippen molar-refractivity contribution in [3.05, 3.63) is 65.0 Å². The first kappa shape index (κ1) is 19.4. The fourth-order valence-electron chi connectivity index (χ4n) is 3.36. The number of nitrogens with zero attached hydrogens (tertiary/aromatic N) is 3. The molecule has 0 aliphatic heterocycles. The average molecular weight is 380 g/mol. The van der Waals surface area contributed by atoms with Gasteiger partial charge in [0.1, 0.15) is 0 Å². The van der Waals surface area contributed by atoms with Crippen LogP contribution in [0.1, 0.15) is 28.9 Å². The molecular weight excluding hydrogens is 354 g/mol. The zero-order valence-electron chi connectivity index (χ0n) is 16.3. The first-order valence-electron chi connectivity index (χ1n) is 9.08. The van der Waals surface area contributed by atoms with E-state index < -0.39 is 0 Å². The Morgan fingerprint density at radius 3 is 2.41 bits per heavy atom. The summed E-state index contributed by atoms with van der Waals surface area (Å²) in [6, 6.07) is 14.5. The SMILES string of the molecule is CSc1nc(C)c(CCC(=O)N(C)Cc2cccc3ccccc23)c(C)n1. The van der Waals surface area contributed by atoms with E-state index in [0.717, 1.165) is 22.1 Å². The van der Waals surface area contributed by atoms with Crippen molar-refractivity contribution in [1.29, 1.82) is 0 Å². The standard InChI is InChI=1S/C22H25N3OS/c1-15-19(16(2)24-22(23-15)27-4)12-13-21(26)25(3)14-18-10-7-9-17-8-5-6-11-20(17)18/h5-11H,12-14H2,1-4H3. The van der Waals surface area contributed by atoms with Crippen LogP contribution in [0, 0.1) is 13.8 Å². The largest absolute Gasteiger partial charge is 0.341 e. The monoisotopic (exact) mass is 379 g/mol. The number of carbonyl (C=O) groups is 1. The number of carbonyl (C=O) groups excluding carboxylic acids is 1. The summed E-state index contributed by atoms with van der Waals surface area (Å²) in [6.07, 6.45) is 3.11. The topological polar surface area (TPSA) is 46.1 Å². The highest BCUT2D eigenvalue weighted by atomic mass is 32.2. The van der Waals surface area contributed by atoms with E-state index >= 15 is 0 Å². The molecule has 1 amide bonds. The van der Waals surface area contributed by atoms with Crippen LogP contribution in [-0.4, -0.2) is 34.1 Å². The van der Waals surface area contributed by atoms with Gasteiger partial charge < -0.3 is 4.90 Å². The summed E-state index contributed by atoms with van der Waals surface area (Å²) < 4.78 is 0. The summed E-state index contributed by atoms with van der Waals surface area (Å²) in [7, 11) is 1.87. The van der Waals surface area contributed by atoms with Gasteiger partial charge in [-0.1, -0.05) is 54.2 Å². The molecule has 140 valence electrons. The summed E-state index contributed by atoms with van der Waals surface area (Å²) in [5.74, 6) is 0.135. The van der Waals surface area contributed by atoms with Crippen LogP contribution in [0.5, 0.6) is 0 Å². The van der Waals surface area contributed by atoms with E-state index in [4.69, 9.17) is 0 Å². The van der Waals surface area contributed by atoms with Crippen LogP contribution in [0.3, 0.4) is 0 Å². The van der Waals surface area contributed by atoms with Gasteiger partial charge in [0, 0.05) is 31.4 Å². The molecule has 0 spiro atoms. The molecule has 5 heteroatoms. The number of rotatable bonds is 6. The smallest absolute Gasteiger partial charge is 0.222 e. The van der Waals surface area contributed by atoms with Crippen LogP contribution in [0.4, 0.5) is 0 Å². The minimum Gasteiger partial charge on any atom is -0.341 e. The number of thioether (sulfide) groups is 1. The number of amides is 1. The fraction of sp³-hybridized carbons (Fsp3) is 0.318. The minimum absolute atomic E-state index is 0.135. The maximum atomic E-state index is 12.7. The molecular formula is C22H25N3OS. The van der Waals surface area contributed by atoms with Gasteiger partial charge in [0.05, 0.1) is 0 Å². The third-order valence-corrected chi connectivity index (χ3v) is 5.43. The van der Waals surface area contributed by atoms with Crippen molar-refractivity contribution in [2.24, 2.45) is 0 Å². The number of hydrogen-bond acceptors (Lipinski definition) is 4. The molecule has 4 nitrogen and oxygen atoms in total. The first-order valence-corrected chi connectivity index (χ1v) is 10.3. The van der Waals surface area contributed by atoms with Gasteiger partial charge in [-0.3, -0.25) is 4.79 Å². The highest BCUT2D eigenvalue weighted by Crippen LogP contribution is 2.21. The highest BCUT2D eigenvalue weighted by Gasteiger charge is 2.14. The molecule has 0 N–H and O–H groups in total. The molecule has 0 aliphatic carbocycles. The Hall–Kier alpha value is -2.40. The van der Waals surface area contributed by atoms with E-state index in [-0.39, 0.29) is 5.91 Å². The van der Waals surface area contributed by atoms with E-state index in [2.05, 4.69) is 34.2 Å². The lowest BCUT2D eigenvalue weighted by Gasteiger charge is -2.19. The Balaban J connectivity index is 1.68. The van der Waals surface area contributed by atoms with E-state index in [1.165, 1.54) is 28.1 Å². The zero-order valence-corrected chi connectivity index (χ0v) is 17.1. The maximum absolute atomic E-state index is 12.7. The predicted octanol–water partition coefficient (Wildman–Crippen LogP) is 4.56. The Bertz CT molecular complexity index is 942. The van der Waals surface area contributed by atoms with E-state index in [1.807, 2.05) is 50.2 Å². The third kappa shape index (κ3) is 4.48. The molecule has 0 radical (unpaired) electrons. The van der Waals surface area contributed by atoms with Gasteiger partial charge in [0.2, 0.25) is 5.91 Å². The van der Waals surface area contributed by atoms with Crippen LogP contribution < -0.4 is 0 Å². The summed E-state index contributed by atoms with van der Waals surface area (Å²) in [5.41, 5.74) is 4.19. The summed E-state index contributed by atoms with van der Waals surface area (Å²) in [5, 5.41) is 3.19. The van der Waals surface area contributed by atoms with Gasteiger partial charge in [-0.15, -0.1) is 0 Å². The third-order valence-electron chi connectivity index (χ3n) is 4.88. The predicted molar refractivity (Wildman–Crippen MR) is 112 cm³/mol. The Morgan fingerprint density at radius 2 is 1.70 bits per heavy atom. The molecule has 3 rings (SSSR count). The molecule has 1 aromatic heterocycles. The van der Waals surface area contributed by atoms with Crippen molar-refractivity contribution in [2.45, 2.75) is 38.4 Å². The molecule has 0 unspecified atom stereocenters. The molecule has 3 aromatic rings. The quantitative estimate of drug-likeness (QED) is 0.465. The molecule has 0 saturated carbocycles. The number of aromatic nitrogens is 2. The number of hydrogen-bond donors (Lipinski definition) is 0. The van der Waals surface area contributed by atoms with Crippen molar-refractivity contribution >= 4 is 28.4 Å². The second-order valence-electron chi connectivity index (χ2n) is 6.75. The summed E-state index contributed by atoms with van der Waals surface area (Å²) >= 11 is 1.54. The second kappa shape index (κ2) is 8.53. The average Bonchev–Trinajstić information content (AvgIpc) is 2.67. The number of fused-ring (bicyclic) bond motifs is 1. The number of aryl methyl sites for hydroxylation is 2. The minimum atomic E-state index is 0.135. The van der Waals surface area contributed by atoms with Crippen molar-refractivity contribution < 1.29 is 4.79 Å². The lowest BCUT2D eigenvalue weighted by atomic mass is 10.0. The number of benzene rings is 2. The van der Waals surface area contributed by atoms with Gasteiger partial charge in [-0.05, 0) is 48.4 Å². The van der Waals surface area contributed by atoms with Crippen molar-refractivity contribution in [2.75, 3.05) is 13.3 Å². The molecule has 0 fully saturated rings. The maximum Gasteiger partial charge on any atom is 0.222 e. The molecule has 27 heavy (non-hydrogen) atoms. The van der Waals surface area contributed by atoms with E-state index in [1.54, 1.807) is 0 Å². The zero-order chi connectivity index (χ0) is 19.4. The highest BCUT2D eigenvalue weighted by molar-refractivity contribution is 7.98. The fourth-order valence-corrected chi connectivity index (χ4v) is 3.82. The molecule has 0 aliphatic rings. The molecule has 0 bridgehead atoms. The molecule has 0 saturated heterocycles. The molecule has 2 aromatic carbocycles. The van der Waals surface area contributed by atoms with Crippen LogP contribution in [-0.2, 0) is 17.8 Å². The van der Waals surface area contributed by atoms with E-state index in [9.17, 15) is 4.79 Å². The Morgan fingerprint density at radius 1 is 1.04 bits per heavy atom. The lowest BCUT2D eigenvalue weighted by molar-refractivity contribution is -0.130. The summed E-state index contributed by atoms with van der Waals surface area (Å²) in [4.78, 5) is 23.5. The lowest BCUT2D eigenvalue weighted by Crippen LogP contribution is -2.26. The second-order valence-corrected chi connectivity index (χ2v) is 7.52. The van der Waals surface area contributed by atoms with Crippen LogP contribution in [0.2, 0.25) is 0 Å². The van der Waals surface area contributed by atoms with Gasteiger partial charge in [0.15, 0.2) is 5.16 Å². The Kier molecular flexibility index (Phi) is 6.11. The van der Waals surface area contributed by atoms with Gasteiger partial charge >= 0.3 is 0 Å².